The number of rotatable bonds is 7. The lowest BCUT2D eigenvalue weighted by molar-refractivity contribution is -0.116. The number of Topliss-reactive ketones (excluding diaryl/α,β-unsaturated/α-hetero) is 1. The van der Waals surface area contributed by atoms with Crippen molar-refractivity contribution in [1.82, 2.24) is 0 Å². The van der Waals surface area contributed by atoms with E-state index in [4.69, 9.17) is 4.74 Å². The Morgan fingerprint density at radius 1 is 1.04 bits per heavy atom. The average molecular weight is 325 g/mol. The molecule has 4 nitrogen and oxygen atoms in total. The summed E-state index contributed by atoms with van der Waals surface area (Å²) in [6.45, 7) is 6.01. The van der Waals surface area contributed by atoms with E-state index in [1.165, 1.54) is 6.92 Å². The molecule has 2 aromatic carbocycles. The summed E-state index contributed by atoms with van der Waals surface area (Å²) in [4.78, 5) is 23.2. The Morgan fingerprint density at radius 3 is 2.42 bits per heavy atom. The molecule has 2 aromatic rings. The number of carbonyl (C=O) groups excluding carboxylic acids is 2. The van der Waals surface area contributed by atoms with Gasteiger partial charge in [0.25, 0.3) is 0 Å². The topological polar surface area (TPSA) is 55.4 Å². The first-order valence-electron chi connectivity index (χ1n) is 8.07. The second-order valence-electron chi connectivity index (χ2n) is 5.83. The molecule has 0 bridgehead atoms. The highest BCUT2D eigenvalue weighted by atomic mass is 16.5. The fraction of sp³-hybridized carbons (Fsp3) is 0.300. The molecular weight excluding hydrogens is 302 g/mol. The molecule has 0 saturated carbocycles. The summed E-state index contributed by atoms with van der Waals surface area (Å²) < 4.78 is 5.59. The first-order chi connectivity index (χ1) is 11.5. The number of anilines is 1. The zero-order valence-electron chi connectivity index (χ0n) is 14.4. The fourth-order valence-electron chi connectivity index (χ4n) is 2.31. The van der Waals surface area contributed by atoms with E-state index in [1.807, 2.05) is 32.0 Å². The van der Waals surface area contributed by atoms with Crippen molar-refractivity contribution in [1.29, 1.82) is 0 Å². The summed E-state index contributed by atoms with van der Waals surface area (Å²) in [5, 5.41) is 2.94. The lowest BCUT2D eigenvalue weighted by Gasteiger charge is -2.10. The van der Waals surface area contributed by atoms with Crippen molar-refractivity contribution in [2.24, 2.45) is 0 Å². The molecule has 0 heterocycles. The van der Waals surface area contributed by atoms with Gasteiger partial charge in [-0.2, -0.15) is 0 Å². The highest BCUT2D eigenvalue weighted by molar-refractivity contribution is 5.94. The first kappa shape index (κ1) is 17.7. The van der Waals surface area contributed by atoms with Gasteiger partial charge in [0.1, 0.15) is 5.75 Å². The van der Waals surface area contributed by atoms with Gasteiger partial charge in [-0.25, -0.2) is 0 Å². The Labute approximate surface area is 142 Å². The molecule has 0 unspecified atom stereocenters. The Hall–Kier alpha value is -2.62. The van der Waals surface area contributed by atoms with Crippen LogP contribution < -0.4 is 10.1 Å². The molecule has 0 atom stereocenters. The number of ether oxygens (including phenoxy) is 1. The van der Waals surface area contributed by atoms with Gasteiger partial charge in [0.05, 0.1) is 6.61 Å². The van der Waals surface area contributed by atoms with Gasteiger partial charge < -0.3 is 10.1 Å². The summed E-state index contributed by atoms with van der Waals surface area (Å²) >= 11 is 0. The maximum atomic E-state index is 12.0. The van der Waals surface area contributed by atoms with Crippen LogP contribution in [0.15, 0.2) is 42.5 Å². The van der Waals surface area contributed by atoms with E-state index in [1.54, 1.807) is 24.3 Å². The number of nitrogens with one attached hydrogen (secondary N) is 1. The number of carbonyl (C=O) groups is 2. The third-order valence-corrected chi connectivity index (χ3v) is 3.96. The summed E-state index contributed by atoms with van der Waals surface area (Å²) in [6, 6.07) is 12.9. The van der Waals surface area contributed by atoms with E-state index in [0.717, 1.165) is 16.8 Å². The van der Waals surface area contributed by atoms with E-state index in [9.17, 15) is 9.59 Å². The summed E-state index contributed by atoms with van der Waals surface area (Å²) in [5.74, 6) is 0.721. The molecule has 24 heavy (non-hydrogen) atoms. The van der Waals surface area contributed by atoms with E-state index >= 15 is 0 Å². The lowest BCUT2D eigenvalue weighted by atomic mass is 10.1. The molecule has 2 rings (SSSR count). The Kier molecular flexibility index (Phi) is 6.13. The maximum Gasteiger partial charge on any atom is 0.224 e. The van der Waals surface area contributed by atoms with Crippen molar-refractivity contribution < 1.29 is 14.3 Å². The Morgan fingerprint density at radius 2 is 1.75 bits per heavy atom. The molecule has 4 heteroatoms. The van der Waals surface area contributed by atoms with Gasteiger partial charge >= 0.3 is 0 Å². The fourth-order valence-corrected chi connectivity index (χ4v) is 2.31. The predicted octanol–water partition coefficient (Wildman–Crippen LogP) is 4.30. The molecule has 126 valence electrons. The van der Waals surface area contributed by atoms with Crippen LogP contribution in [0.1, 0.15) is 41.3 Å². The minimum absolute atomic E-state index is 0.0146. The van der Waals surface area contributed by atoms with E-state index in [2.05, 4.69) is 5.32 Å². The minimum Gasteiger partial charge on any atom is -0.494 e. The molecule has 0 saturated heterocycles. The van der Waals surface area contributed by atoms with Crippen LogP contribution in [0.4, 0.5) is 5.69 Å². The molecule has 0 aromatic heterocycles. The molecule has 0 spiro atoms. The third kappa shape index (κ3) is 4.95. The first-order valence-corrected chi connectivity index (χ1v) is 8.07. The minimum atomic E-state index is -0.0146. The van der Waals surface area contributed by atoms with E-state index in [-0.39, 0.29) is 11.7 Å². The Balaban J connectivity index is 1.74. The lowest BCUT2D eigenvalue weighted by Crippen LogP contribution is -2.13. The van der Waals surface area contributed by atoms with Crippen molar-refractivity contribution in [3.05, 3.63) is 59.2 Å². The quantitative estimate of drug-likeness (QED) is 0.610. The SMILES string of the molecule is CC(=O)c1ccc(OCCCC(=O)Nc2cccc(C)c2C)cc1. The number of benzene rings is 2. The summed E-state index contributed by atoms with van der Waals surface area (Å²) in [5.41, 5.74) is 3.77. The smallest absolute Gasteiger partial charge is 0.224 e. The van der Waals surface area contributed by atoms with E-state index < -0.39 is 0 Å². The van der Waals surface area contributed by atoms with Crippen LogP contribution in [-0.2, 0) is 4.79 Å². The largest absolute Gasteiger partial charge is 0.494 e. The molecule has 0 aliphatic rings. The highest BCUT2D eigenvalue weighted by Crippen LogP contribution is 2.18. The normalized spacial score (nSPS) is 10.3. The van der Waals surface area contributed by atoms with Gasteiger partial charge in [0.2, 0.25) is 5.91 Å². The van der Waals surface area contributed by atoms with Crippen LogP contribution in [0.2, 0.25) is 0 Å². The third-order valence-electron chi connectivity index (χ3n) is 3.96. The van der Waals surface area contributed by atoms with Crippen molar-refractivity contribution in [2.75, 3.05) is 11.9 Å². The van der Waals surface area contributed by atoms with Crippen molar-refractivity contribution in [3.8, 4) is 5.75 Å². The standard InChI is InChI=1S/C20H23NO3/c1-14-6-4-7-19(15(14)2)21-20(23)8-5-13-24-18-11-9-17(10-12-18)16(3)22/h4,6-7,9-12H,5,8,13H2,1-3H3,(H,21,23). The molecule has 0 radical (unpaired) electrons. The van der Waals surface area contributed by atoms with Gasteiger partial charge in [-0.15, -0.1) is 0 Å². The summed E-state index contributed by atoms with van der Waals surface area (Å²) in [6.07, 6.45) is 1.03. The average Bonchev–Trinajstić information content (AvgIpc) is 2.56. The maximum absolute atomic E-state index is 12.0. The van der Waals surface area contributed by atoms with E-state index in [0.29, 0.717) is 30.8 Å². The monoisotopic (exact) mass is 325 g/mol. The van der Waals surface area contributed by atoms with Gasteiger partial charge in [-0.1, -0.05) is 12.1 Å². The zero-order valence-corrected chi connectivity index (χ0v) is 14.4. The number of hydrogen-bond donors (Lipinski definition) is 1. The van der Waals surface area contributed by atoms with Crippen molar-refractivity contribution in [2.45, 2.75) is 33.6 Å². The van der Waals surface area contributed by atoms with Crippen LogP contribution in [0.3, 0.4) is 0 Å². The molecule has 0 aliphatic heterocycles. The highest BCUT2D eigenvalue weighted by Gasteiger charge is 2.06. The van der Waals surface area contributed by atoms with Crippen molar-refractivity contribution >= 4 is 17.4 Å². The molecule has 0 aliphatic carbocycles. The number of ketones is 1. The van der Waals surface area contributed by atoms with Crippen LogP contribution in [0.25, 0.3) is 0 Å². The van der Waals surface area contributed by atoms with Crippen LogP contribution >= 0.6 is 0 Å². The van der Waals surface area contributed by atoms with Gasteiger partial charge in [-0.3, -0.25) is 9.59 Å². The molecular formula is C20H23NO3. The van der Waals surface area contributed by atoms with Crippen LogP contribution in [0.5, 0.6) is 5.75 Å². The molecule has 1 amide bonds. The molecule has 0 fully saturated rings. The van der Waals surface area contributed by atoms with Gasteiger partial charge in [0.15, 0.2) is 5.78 Å². The van der Waals surface area contributed by atoms with Crippen LogP contribution in [-0.4, -0.2) is 18.3 Å². The molecule has 1 N–H and O–H groups in total. The van der Waals surface area contributed by atoms with Crippen molar-refractivity contribution in [3.63, 3.8) is 0 Å². The number of amides is 1. The zero-order chi connectivity index (χ0) is 17.5. The number of aryl methyl sites for hydroxylation is 1. The second kappa shape index (κ2) is 8.29. The van der Waals surface area contributed by atoms with Gasteiger partial charge in [-0.05, 0) is 68.7 Å². The predicted molar refractivity (Wildman–Crippen MR) is 95.7 cm³/mol. The summed E-state index contributed by atoms with van der Waals surface area (Å²) in [7, 11) is 0. The second-order valence-corrected chi connectivity index (χ2v) is 5.83. The Bertz CT molecular complexity index is 720. The van der Waals surface area contributed by atoms with Crippen LogP contribution in [0, 0.1) is 13.8 Å². The number of hydrogen-bond acceptors (Lipinski definition) is 3. The van der Waals surface area contributed by atoms with Gasteiger partial charge in [0, 0.05) is 17.7 Å².